The van der Waals surface area contributed by atoms with Crippen LogP contribution in [-0.4, -0.2) is 74.1 Å². The van der Waals surface area contributed by atoms with Gasteiger partial charge in [-0.05, 0) is 36.6 Å². The van der Waals surface area contributed by atoms with E-state index in [9.17, 15) is 9.59 Å². The fourth-order valence-corrected chi connectivity index (χ4v) is 3.12. The smallest absolute Gasteiger partial charge is 0.246 e. The fraction of sp³-hybridized carbons (Fsp3) is 0.476. The fourth-order valence-electron chi connectivity index (χ4n) is 3.12. The molecule has 2 fully saturated rings. The first-order valence-corrected chi connectivity index (χ1v) is 9.75. The largest absolute Gasteiger partial charge is 0.493 e. The van der Waals surface area contributed by atoms with Gasteiger partial charge in [0.2, 0.25) is 11.8 Å². The third-order valence-corrected chi connectivity index (χ3v) is 4.89. The van der Waals surface area contributed by atoms with Crippen molar-refractivity contribution < 1.29 is 19.1 Å². The van der Waals surface area contributed by atoms with E-state index in [-0.39, 0.29) is 18.4 Å². The number of methoxy groups -OCH3 is 1. The Balaban J connectivity index is 1.48. The molecule has 0 aromatic heterocycles. The number of nitriles is 1. The maximum atomic E-state index is 12.5. The second-order valence-corrected chi connectivity index (χ2v) is 7.13. The van der Waals surface area contributed by atoms with E-state index in [1.54, 1.807) is 35.3 Å². The number of rotatable bonds is 8. The van der Waals surface area contributed by atoms with Gasteiger partial charge in [0.05, 0.1) is 13.7 Å². The standard InChI is InChI=1S/C21H26N4O4/c1-28-19-14-16(2-6-18(19)29-13-8-22)3-7-21(27)25-11-9-24(10-12-25)15-20(26)23-17-4-5-17/h2-3,6-7,14,17H,4-5,9-13,15H2,1H3,(H,23,26)/b7-3+. The number of carbonyl (C=O) groups is 2. The number of nitrogens with zero attached hydrogens (tertiary/aromatic N) is 3. The molecule has 1 N–H and O–H groups in total. The Labute approximate surface area is 170 Å². The predicted molar refractivity (Wildman–Crippen MR) is 107 cm³/mol. The lowest BCUT2D eigenvalue weighted by molar-refractivity contribution is -0.128. The van der Waals surface area contributed by atoms with Gasteiger partial charge in [-0.15, -0.1) is 0 Å². The molecule has 29 heavy (non-hydrogen) atoms. The van der Waals surface area contributed by atoms with E-state index in [2.05, 4.69) is 10.2 Å². The number of benzene rings is 1. The summed E-state index contributed by atoms with van der Waals surface area (Å²) < 4.78 is 10.6. The van der Waals surface area contributed by atoms with Crippen molar-refractivity contribution in [2.45, 2.75) is 18.9 Å². The topological polar surface area (TPSA) is 94.9 Å². The van der Waals surface area contributed by atoms with Crippen molar-refractivity contribution in [3.05, 3.63) is 29.8 Å². The van der Waals surface area contributed by atoms with Crippen molar-refractivity contribution >= 4 is 17.9 Å². The minimum absolute atomic E-state index is 0.0573. The van der Waals surface area contributed by atoms with Crippen LogP contribution in [0.5, 0.6) is 11.5 Å². The number of piperazine rings is 1. The molecule has 2 amide bonds. The van der Waals surface area contributed by atoms with Crippen LogP contribution in [-0.2, 0) is 9.59 Å². The molecule has 1 aromatic rings. The molecule has 1 saturated heterocycles. The molecule has 2 aliphatic rings. The average molecular weight is 398 g/mol. The lowest BCUT2D eigenvalue weighted by atomic mass is 10.2. The summed E-state index contributed by atoms with van der Waals surface area (Å²) in [5, 5.41) is 11.6. The molecule has 1 aliphatic carbocycles. The first-order chi connectivity index (χ1) is 14.1. The Hall–Kier alpha value is -3.05. The van der Waals surface area contributed by atoms with Crippen molar-refractivity contribution in [2.75, 3.05) is 46.4 Å². The molecule has 154 valence electrons. The van der Waals surface area contributed by atoms with Crippen molar-refractivity contribution in [3.63, 3.8) is 0 Å². The Bertz CT molecular complexity index is 805. The van der Waals surface area contributed by atoms with E-state index in [4.69, 9.17) is 14.7 Å². The predicted octanol–water partition coefficient (Wildman–Crippen LogP) is 1.03. The number of hydrogen-bond donors (Lipinski definition) is 1. The first kappa shape index (κ1) is 20.7. The summed E-state index contributed by atoms with van der Waals surface area (Å²) in [7, 11) is 1.53. The monoisotopic (exact) mass is 398 g/mol. The zero-order valence-corrected chi connectivity index (χ0v) is 16.6. The number of hydrogen-bond acceptors (Lipinski definition) is 6. The Morgan fingerprint density at radius 3 is 2.66 bits per heavy atom. The molecule has 1 aliphatic heterocycles. The molecule has 1 saturated carbocycles. The van der Waals surface area contributed by atoms with Crippen LogP contribution in [0.25, 0.3) is 6.08 Å². The van der Waals surface area contributed by atoms with E-state index in [1.807, 2.05) is 6.07 Å². The number of amides is 2. The van der Waals surface area contributed by atoms with Gasteiger partial charge in [-0.2, -0.15) is 5.26 Å². The molecular formula is C21H26N4O4. The summed E-state index contributed by atoms with van der Waals surface area (Å²) in [6, 6.07) is 7.56. The van der Waals surface area contributed by atoms with E-state index in [0.29, 0.717) is 50.3 Å². The van der Waals surface area contributed by atoms with Gasteiger partial charge in [-0.1, -0.05) is 6.07 Å². The quantitative estimate of drug-likeness (QED) is 0.658. The molecule has 8 heteroatoms. The third kappa shape index (κ3) is 6.22. The summed E-state index contributed by atoms with van der Waals surface area (Å²) in [4.78, 5) is 28.2. The van der Waals surface area contributed by atoms with Crippen molar-refractivity contribution in [3.8, 4) is 17.6 Å². The van der Waals surface area contributed by atoms with Crippen LogP contribution in [0.2, 0.25) is 0 Å². The van der Waals surface area contributed by atoms with Gasteiger partial charge in [-0.3, -0.25) is 14.5 Å². The van der Waals surface area contributed by atoms with Gasteiger partial charge in [-0.25, -0.2) is 0 Å². The van der Waals surface area contributed by atoms with E-state index in [0.717, 1.165) is 18.4 Å². The van der Waals surface area contributed by atoms with Crippen molar-refractivity contribution in [1.82, 2.24) is 15.1 Å². The molecule has 8 nitrogen and oxygen atoms in total. The van der Waals surface area contributed by atoms with Crippen molar-refractivity contribution in [2.24, 2.45) is 0 Å². The van der Waals surface area contributed by atoms with Gasteiger partial charge in [0.15, 0.2) is 18.1 Å². The van der Waals surface area contributed by atoms with Crippen LogP contribution >= 0.6 is 0 Å². The Morgan fingerprint density at radius 1 is 1.24 bits per heavy atom. The molecule has 1 heterocycles. The molecule has 0 spiro atoms. The maximum Gasteiger partial charge on any atom is 0.246 e. The van der Waals surface area contributed by atoms with Crippen molar-refractivity contribution in [1.29, 1.82) is 5.26 Å². The lowest BCUT2D eigenvalue weighted by Crippen LogP contribution is -2.51. The second kappa shape index (κ2) is 9.94. The highest BCUT2D eigenvalue weighted by molar-refractivity contribution is 5.92. The number of ether oxygens (including phenoxy) is 2. The first-order valence-electron chi connectivity index (χ1n) is 9.75. The molecule has 3 rings (SSSR count). The summed E-state index contributed by atoms with van der Waals surface area (Å²) in [6.07, 6.45) is 5.44. The third-order valence-electron chi connectivity index (χ3n) is 4.89. The van der Waals surface area contributed by atoms with E-state index >= 15 is 0 Å². The molecule has 0 bridgehead atoms. The highest BCUT2D eigenvalue weighted by Crippen LogP contribution is 2.28. The van der Waals surface area contributed by atoms with Gasteiger partial charge < -0.3 is 19.7 Å². The molecule has 1 aromatic carbocycles. The zero-order valence-electron chi connectivity index (χ0n) is 16.6. The van der Waals surface area contributed by atoms with Crippen LogP contribution in [0.15, 0.2) is 24.3 Å². The number of carbonyl (C=O) groups excluding carboxylic acids is 2. The highest BCUT2D eigenvalue weighted by atomic mass is 16.5. The van der Waals surface area contributed by atoms with Gasteiger partial charge in [0.1, 0.15) is 6.07 Å². The van der Waals surface area contributed by atoms with Crippen LogP contribution in [0.4, 0.5) is 0 Å². The van der Waals surface area contributed by atoms with E-state index < -0.39 is 0 Å². The average Bonchev–Trinajstić information content (AvgIpc) is 3.55. The van der Waals surface area contributed by atoms with Gasteiger partial charge in [0, 0.05) is 38.3 Å². The normalized spacial score (nSPS) is 17.0. The van der Waals surface area contributed by atoms with Crippen LogP contribution < -0.4 is 14.8 Å². The Morgan fingerprint density at radius 2 is 2.00 bits per heavy atom. The minimum atomic E-state index is -0.0594. The zero-order chi connectivity index (χ0) is 20.6. The Kier molecular flexibility index (Phi) is 7.09. The van der Waals surface area contributed by atoms with E-state index in [1.165, 1.54) is 7.11 Å². The van der Waals surface area contributed by atoms with Gasteiger partial charge in [0.25, 0.3) is 0 Å². The summed E-state index contributed by atoms with van der Waals surface area (Å²) in [5.41, 5.74) is 0.801. The van der Waals surface area contributed by atoms with Crippen LogP contribution in [0, 0.1) is 11.3 Å². The van der Waals surface area contributed by atoms with Crippen LogP contribution in [0.1, 0.15) is 18.4 Å². The maximum absolute atomic E-state index is 12.5. The molecule has 0 radical (unpaired) electrons. The SMILES string of the molecule is COc1cc(/C=C/C(=O)N2CCN(CC(=O)NC3CC3)CC2)ccc1OCC#N. The summed E-state index contributed by atoms with van der Waals surface area (Å²) >= 11 is 0. The summed E-state index contributed by atoms with van der Waals surface area (Å²) in [5.74, 6) is 1.01. The molecule has 0 atom stereocenters. The molecular weight excluding hydrogens is 372 g/mol. The van der Waals surface area contributed by atoms with Crippen LogP contribution in [0.3, 0.4) is 0 Å². The summed E-state index contributed by atoms with van der Waals surface area (Å²) in [6.45, 7) is 2.92. The molecule has 0 unspecified atom stereocenters. The highest BCUT2D eigenvalue weighted by Gasteiger charge is 2.25. The number of nitrogens with one attached hydrogen (secondary N) is 1. The second-order valence-electron chi connectivity index (χ2n) is 7.13. The minimum Gasteiger partial charge on any atom is -0.493 e. The van der Waals surface area contributed by atoms with Gasteiger partial charge >= 0.3 is 0 Å². The lowest BCUT2D eigenvalue weighted by Gasteiger charge is -2.33.